The number of nitrogens with two attached hydrogens (primary N) is 1. The van der Waals surface area contributed by atoms with Crippen LogP contribution in [0, 0.1) is 0 Å². The normalized spacial score (nSPS) is 37.7. The van der Waals surface area contributed by atoms with E-state index in [-0.39, 0.29) is 11.8 Å². The molecule has 0 spiro atoms. The Kier molecular flexibility index (Phi) is 7.02. The summed E-state index contributed by atoms with van der Waals surface area (Å²) in [6.07, 6.45) is -7.18. The number of carboxylic acids is 2. The predicted molar refractivity (Wildman–Crippen MR) is 84.1 cm³/mol. The van der Waals surface area contributed by atoms with Crippen LogP contribution >= 0.6 is 19.6 Å². The van der Waals surface area contributed by atoms with Gasteiger partial charge in [0.1, 0.15) is 18.3 Å². The molecule has 156 valence electrons. The van der Waals surface area contributed by atoms with E-state index in [0.29, 0.717) is 0 Å². The molecule has 0 unspecified atom stereocenters. The summed E-state index contributed by atoms with van der Waals surface area (Å²) in [4.78, 5) is 49.0. The summed E-state index contributed by atoms with van der Waals surface area (Å²) in [6.45, 7) is 0.799. The summed E-state index contributed by atoms with van der Waals surface area (Å²) in [5.41, 5.74) is 2.39. The zero-order valence-electron chi connectivity index (χ0n) is 13.5. The molecule has 27 heavy (non-hydrogen) atoms. The first-order valence-corrected chi connectivity index (χ1v) is 9.48. The van der Waals surface area contributed by atoms with Crippen LogP contribution in [0.4, 0.5) is 0 Å². The molecular weight excluding hydrogens is 417 g/mol. The van der Waals surface area contributed by atoms with Gasteiger partial charge >= 0.3 is 25.7 Å². The number of hydrogen-bond donors (Lipinski definition) is 8. The second-order valence-electron chi connectivity index (χ2n) is 5.63. The van der Waals surface area contributed by atoms with Crippen LogP contribution in [0.15, 0.2) is 0 Å². The number of carbonyl (C=O) groups excluding carboxylic acids is 1. The fraction of sp³-hybridized carbons (Fsp3) is 0.727. The second kappa shape index (κ2) is 7.98. The molecule has 1 aliphatic heterocycles. The molecule has 9 N–H and O–H groups in total. The maximum atomic E-state index is 11.5. The molecule has 16 heteroatoms. The number of hydrogen-bond acceptors (Lipinski definition) is 11. The molecule has 1 heterocycles. The molecule has 1 fully saturated rings. The van der Waals surface area contributed by atoms with Crippen LogP contribution in [0.5, 0.6) is 0 Å². The van der Waals surface area contributed by atoms with Crippen LogP contribution in [0.2, 0.25) is 0 Å². The summed E-state index contributed by atoms with van der Waals surface area (Å²) in [5, 5.41) is 49.3. The van der Waals surface area contributed by atoms with E-state index in [2.05, 4.69) is 9.26 Å². The third-order valence-corrected chi connectivity index (χ3v) is 5.60. The van der Waals surface area contributed by atoms with Crippen molar-refractivity contribution in [3.63, 3.8) is 0 Å². The van der Waals surface area contributed by atoms with E-state index in [1.807, 2.05) is 0 Å². The Balaban J connectivity index is 3.61. The second-order valence-corrected chi connectivity index (χ2v) is 8.02. The zero-order chi connectivity index (χ0) is 21.4. The molecule has 1 rings (SSSR count). The number of rotatable bonds is 5. The zero-order valence-corrected chi connectivity index (χ0v) is 15.2. The van der Waals surface area contributed by atoms with Crippen molar-refractivity contribution in [1.29, 1.82) is 0 Å². The average molecular weight is 435 g/mol. The number of aliphatic hydroxyl groups is 3. The van der Waals surface area contributed by atoms with Crippen molar-refractivity contribution in [2.24, 2.45) is 5.73 Å². The van der Waals surface area contributed by atoms with Gasteiger partial charge in [0.2, 0.25) is 4.93 Å². The van der Waals surface area contributed by atoms with Gasteiger partial charge in [0.25, 0.3) is 0 Å². The summed E-state index contributed by atoms with van der Waals surface area (Å²) in [6, 6.07) is -2.18. The van der Waals surface area contributed by atoms with E-state index in [9.17, 15) is 44.5 Å². The van der Waals surface area contributed by atoms with Crippen LogP contribution in [-0.2, 0) is 28.2 Å². The fourth-order valence-corrected chi connectivity index (χ4v) is 4.09. The highest BCUT2D eigenvalue weighted by Crippen LogP contribution is 2.45. The number of carbonyl (C=O) groups is 3. The van der Waals surface area contributed by atoms with Gasteiger partial charge < -0.3 is 45.8 Å². The molecule has 0 aromatic carbocycles. The number of phosphoric acid groups is 1. The van der Waals surface area contributed by atoms with Crippen LogP contribution in [0.25, 0.3) is 0 Å². The Bertz CT molecular complexity index is 669. The van der Waals surface area contributed by atoms with Crippen molar-refractivity contribution in [1.82, 2.24) is 0 Å². The quantitative estimate of drug-likeness (QED) is 0.153. The first-order chi connectivity index (χ1) is 12.1. The van der Waals surface area contributed by atoms with E-state index in [1.165, 1.54) is 0 Å². The molecule has 14 nitrogen and oxygen atoms in total. The van der Waals surface area contributed by atoms with Crippen LogP contribution in [0.1, 0.15) is 6.92 Å². The van der Waals surface area contributed by atoms with Crippen LogP contribution in [-0.4, -0.2) is 93.9 Å². The van der Waals surface area contributed by atoms with Crippen LogP contribution < -0.4 is 5.73 Å². The van der Waals surface area contributed by atoms with Gasteiger partial charge in [0, 0.05) is 12.7 Å². The van der Waals surface area contributed by atoms with Gasteiger partial charge in [0.15, 0.2) is 5.60 Å². The molecule has 0 amide bonds. The van der Waals surface area contributed by atoms with Crippen molar-refractivity contribution in [2.45, 2.75) is 41.8 Å². The minimum atomic E-state index is -5.47. The number of aliphatic hydroxyl groups excluding tert-OH is 1. The summed E-state index contributed by atoms with van der Waals surface area (Å²) < 4.78 is 20.1. The van der Waals surface area contributed by atoms with Gasteiger partial charge in [-0.15, -0.1) is 11.8 Å². The van der Waals surface area contributed by atoms with Crippen molar-refractivity contribution in [3.8, 4) is 0 Å². The predicted octanol–water partition coefficient (Wildman–Crippen LogP) is -3.58. The summed E-state index contributed by atoms with van der Waals surface area (Å²) >= 11 is -0.191. The molecule has 0 radical (unpaired) electrons. The topological polar surface area (TPSA) is 254 Å². The van der Waals surface area contributed by atoms with Gasteiger partial charge in [-0.3, -0.25) is 9.32 Å². The van der Waals surface area contributed by atoms with Gasteiger partial charge in [-0.05, 0) is 0 Å². The van der Waals surface area contributed by atoms with Crippen molar-refractivity contribution >= 4 is 37.5 Å². The van der Waals surface area contributed by atoms with Crippen molar-refractivity contribution in [3.05, 3.63) is 0 Å². The summed E-state index contributed by atoms with van der Waals surface area (Å²) in [7, 11) is -5.47. The standard InChI is InChI=1S/C11H18NO13PS/c1-3(13)24-5-4(12)7(25-26(21,22)23)10(19,8(15)16)2-27-11(20,6(5)14)9(17)18/h4-7,14,19-20H,2,12H2,1H3,(H,15,16)(H,17,18)(H2,21,22,23)/t4-,5-,6-,7+,10+,11-/m1/s1. The van der Waals surface area contributed by atoms with E-state index in [4.69, 9.17) is 15.5 Å². The Morgan fingerprint density at radius 3 is 2.07 bits per heavy atom. The highest BCUT2D eigenvalue weighted by Gasteiger charge is 2.61. The number of esters is 1. The van der Waals surface area contributed by atoms with E-state index >= 15 is 0 Å². The molecule has 0 aromatic rings. The Hall–Kier alpha value is -1.29. The highest BCUT2D eigenvalue weighted by molar-refractivity contribution is 8.01. The number of aliphatic carboxylic acids is 2. The third kappa shape index (κ3) is 4.96. The Morgan fingerprint density at radius 1 is 1.19 bits per heavy atom. The van der Waals surface area contributed by atoms with Gasteiger partial charge in [-0.2, -0.15) is 0 Å². The fourth-order valence-electron chi connectivity index (χ4n) is 2.32. The lowest BCUT2D eigenvalue weighted by molar-refractivity contribution is -0.189. The van der Waals surface area contributed by atoms with E-state index in [1.54, 1.807) is 0 Å². The molecule has 0 aromatic heterocycles. The molecule has 0 aliphatic carbocycles. The minimum Gasteiger partial charge on any atom is -0.479 e. The monoisotopic (exact) mass is 435 g/mol. The third-order valence-electron chi connectivity index (χ3n) is 3.65. The molecule has 1 saturated heterocycles. The number of ether oxygens (including phenoxy) is 1. The largest absolute Gasteiger partial charge is 0.479 e. The Labute approximate surface area is 155 Å². The molecule has 6 atom stereocenters. The number of thioether (sulfide) groups is 1. The maximum absolute atomic E-state index is 11.5. The van der Waals surface area contributed by atoms with E-state index in [0.717, 1.165) is 6.92 Å². The maximum Gasteiger partial charge on any atom is 0.470 e. The molecule has 0 saturated carbocycles. The van der Waals surface area contributed by atoms with Gasteiger partial charge in [-0.25, -0.2) is 14.2 Å². The van der Waals surface area contributed by atoms with Crippen molar-refractivity contribution in [2.75, 3.05) is 5.75 Å². The molecular formula is C11H18NO13PS. The highest BCUT2D eigenvalue weighted by atomic mass is 32.2. The lowest BCUT2D eigenvalue weighted by atomic mass is 9.87. The summed E-state index contributed by atoms with van der Waals surface area (Å²) in [5.74, 6) is -6.59. The number of phosphoric ester groups is 1. The van der Waals surface area contributed by atoms with Crippen molar-refractivity contribution < 1.29 is 63.5 Å². The first kappa shape index (κ1) is 23.7. The van der Waals surface area contributed by atoms with Crippen LogP contribution in [0.3, 0.4) is 0 Å². The smallest absolute Gasteiger partial charge is 0.470 e. The Morgan fingerprint density at radius 2 is 1.70 bits per heavy atom. The number of carboxylic acid groups (broad SMARTS) is 2. The minimum absolute atomic E-state index is 0.191. The van der Waals surface area contributed by atoms with E-state index < -0.39 is 66.4 Å². The first-order valence-electron chi connectivity index (χ1n) is 6.96. The molecule has 1 aliphatic rings. The van der Waals surface area contributed by atoms with Gasteiger partial charge in [-0.1, -0.05) is 0 Å². The lowest BCUT2D eigenvalue weighted by Gasteiger charge is -2.44. The van der Waals surface area contributed by atoms with Gasteiger partial charge in [0.05, 0.1) is 6.04 Å². The average Bonchev–Trinajstić information content (AvgIpc) is 2.51. The molecule has 0 bridgehead atoms. The lowest BCUT2D eigenvalue weighted by Crippen LogP contribution is -2.70. The SMILES string of the molecule is CC(=O)O[C@@H]1[C@@H](N)[C@H](OP(=O)(O)O)[C@](O)(C(=O)O)CS[C@@](O)(C(=O)O)[C@@H]1O.